The molecule has 0 radical (unpaired) electrons. The predicted molar refractivity (Wildman–Crippen MR) is 80.8 cm³/mol. The summed E-state index contributed by atoms with van der Waals surface area (Å²) < 4.78 is 6.89. The molecular formula is C13H17ClINO. The molecule has 4 heteroatoms. The van der Waals surface area contributed by atoms with Crippen molar-refractivity contribution in [2.45, 2.75) is 38.3 Å². The Bertz CT molecular complexity index is 408. The molecule has 1 N–H and O–H groups in total. The van der Waals surface area contributed by atoms with Crippen LogP contribution in [0, 0.1) is 3.57 Å². The van der Waals surface area contributed by atoms with Gasteiger partial charge in [0.1, 0.15) is 0 Å². The molecule has 2 nitrogen and oxygen atoms in total. The molecule has 17 heavy (non-hydrogen) atoms. The summed E-state index contributed by atoms with van der Waals surface area (Å²) in [6.07, 6.45) is 2.09. The molecule has 0 aromatic heterocycles. The van der Waals surface area contributed by atoms with Gasteiger partial charge in [-0.1, -0.05) is 11.6 Å². The Morgan fingerprint density at radius 3 is 2.88 bits per heavy atom. The number of ether oxygens (including phenoxy) is 1. The first-order valence-electron chi connectivity index (χ1n) is 5.82. The van der Waals surface area contributed by atoms with Gasteiger partial charge in [0.25, 0.3) is 0 Å². The molecule has 1 heterocycles. The van der Waals surface area contributed by atoms with Crippen molar-refractivity contribution in [1.82, 2.24) is 0 Å². The first-order valence-corrected chi connectivity index (χ1v) is 7.27. The highest BCUT2D eigenvalue weighted by Gasteiger charge is 2.28. The van der Waals surface area contributed by atoms with Gasteiger partial charge in [-0.3, -0.25) is 0 Å². The molecule has 94 valence electrons. The van der Waals surface area contributed by atoms with Crippen molar-refractivity contribution >= 4 is 39.9 Å². The van der Waals surface area contributed by atoms with Crippen LogP contribution in [0.4, 0.5) is 5.69 Å². The first kappa shape index (κ1) is 13.4. The average Bonchev–Trinajstić information content (AvgIpc) is 2.21. The molecule has 0 spiro atoms. The second-order valence-electron chi connectivity index (χ2n) is 5.07. The summed E-state index contributed by atoms with van der Waals surface area (Å²) in [6.45, 7) is 5.12. The maximum atomic E-state index is 5.95. The summed E-state index contributed by atoms with van der Waals surface area (Å²) in [5.41, 5.74) is 1.14. The third kappa shape index (κ3) is 3.73. The van der Waals surface area contributed by atoms with E-state index in [9.17, 15) is 0 Å². The van der Waals surface area contributed by atoms with Gasteiger partial charge in [-0.05, 0) is 67.5 Å². The molecular weight excluding hydrogens is 349 g/mol. The number of nitrogens with one attached hydrogen (secondary N) is 1. The third-order valence-electron chi connectivity index (χ3n) is 2.99. The molecule has 1 aliphatic rings. The van der Waals surface area contributed by atoms with Crippen LogP contribution in [0.3, 0.4) is 0 Å². The number of hydrogen-bond donors (Lipinski definition) is 1. The fourth-order valence-corrected chi connectivity index (χ4v) is 3.21. The van der Waals surface area contributed by atoms with Crippen LogP contribution in [-0.4, -0.2) is 18.2 Å². The van der Waals surface area contributed by atoms with Crippen LogP contribution in [0.2, 0.25) is 5.02 Å². The van der Waals surface area contributed by atoms with Crippen LogP contribution in [0.25, 0.3) is 0 Å². The summed E-state index contributed by atoms with van der Waals surface area (Å²) in [5, 5.41) is 4.37. The van der Waals surface area contributed by atoms with Gasteiger partial charge in [-0.15, -0.1) is 0 Å². The van der Waals surface area contributed by atoms with E-state index in [-0.39, 0.29) is 5.60 Å². The van der Waals surface area contributed by atoms with E-state index in [1.54, 1.807) is 0 Å². The maximum absolute atomic E-state index is 5.95. The fraction of sp³-hybridized carbons (Fsp3) is 0.538. The second kappa shape index (κ2) is 5.33. The molecule has 0 bridgehead atoms. The molecule has 1 atom stereocenters. The number of hydrogen-bond acceptors (Lipinski definition) is 2. The molecule has 1 aliphatic heterocycles. The Balaban J connectivity index is 2.05. The lowest BCUT2D eigenvalue weighted by Gasteiger charge is -2.36. The Hall–Kier alpha value is -0.0000000000000000763. The van der Waals surface area contributed by atoms with Crippen LogP contribution >= 0.6 is 34.2 Å². The molecule has 1 aromatic carbocycles. The van der Waals surface area contributed by atoms with E-state index in [4.69, 9.17) is 16.3 Å². The van der Waals surface area contributed by atoms with Crippen LogP contribution in [0.1, 0.15) is 26.7 Å². The molecule has 1 saturated heterocycles. The SMILES string of the molecule is CC1(C)CC(Nc2ccc(Cl)cc2I)CCO1. The second-order valence-corrected chi connectivity index (χ2v) is 6.67. The van der Waals surface area contributed by atoms with Crippen molar-refractivity contribution < 1.29 is 4.74 Å². The van der Waals surface area contributed by atoms with E-state index in [1.165, 1.54) is 3.57 Å². The van der Waals surface area contributed by atoms with Crippen LogP contribution in [-0.2, 0) is 4.74 Å². The fourth-order valence-electron chi connectivity index (χ4n) is 2.18. The van der Waals surface area contributed by atoms with E-state index in [0.717, 1.165) is 30.2 Å². The summed E-state index contributed by atoms with van der Waals surface area (Å²) in [5.74, 6) is 0. The lowest BCUT2D eigenvalue weighted by molar-refractivity contribution is -0.0553. The number of halogens is 2. The lowest BCUT2D eigenvalue weighted by Crippen LogP contribution is -2.40. The highest BCUT2D eigenvalue weighted by atomic mass is 127. The van der Waals surface area contributed by atoms with Crippen LogP contribution in [0.5, 0.6) is 0 Å². The zero-order valence-electron chi connectivity index (χ0n) is 10.1. The minimum absolute atomic E-state index is 0.0201. The highest BCUT2D eigenvalue weighted by Crippen LogP contribution is 2.29. The summed E-state index contributed by atoms with van der Waals surface area (Å²) in [6, 6.07) is 6.44. The number of benzene rings is 1. The molecule has 1 unspecified atom stereocenters. The molecule has 2 rings (SSSR count). The molecule has 0 amide bonds. The maximum Gasteiger partial charge on any atom is 0.0646 e. The zero-order chi connectivity index (χ0) is 12.5. The van der Waals surface area contributed by atoms with Crippen LogP contribution < -0.4 is 5.32 Å². The van der Waals surface area contributed by atoms with Gasteiger partial charge in [0, 0.05) is 26.9 Å². The summed E-state index contributed by atoms with van der Waals surface area (Å²) >= 11 is 8.27. The van der Waals surface area contributed by atoms with E-state index < -0.39 is 0 Å². The normalized spacial score (nSPS) is 23.4. The van der Waals surface area contributed by atoms with Gasteiger partial charge >= 0.3 is 0 Å². The Kier molecular flexibility index (Phi) is 4.21. The standard InChI is InChI=1S/C13H17ClINO/c1-13(2)8-10(5-6-17-13)16-12-4-3-9(14)7-11(12)15/h3-4,7,10,16H,5-6,8H2,1-2H3. The van der Waals surface area contributed by atoms with Gasteiger partial charge in [-0.25, -0.2) is 0 Å². The predicted octanol–water partition coefficient (Wildman–Crippen LogP) is 4.31. The summed E-state index contributed by atoms with van der Waals surface area (Å²) in [7, 11) is 0. The van der Waals surface area contributed by atoms with Gasteiger partial charge in [-0.2, -0.15) is 0 Å². The van der Waals surface area contributed by atoms with Crippen molar-refractivity contribution in [3.8, 4) is 0 Å². The van der Waals surface area contributed by atoms with Gasteiger partial charge < -0.3 is 10.1 Å². The van der Waals surface area contributed by atoms with Crippen molar-refractivity contribution in [3.63, 3.8) is 0 Å². The quantitative estimate of drug-likeness (QED) is 0.788. The monoisotopic (exact) mass is 365 g/mol. The van der Waals surface area contributed by atoms with Crippen molar-refractivity contribution in [2.75, 3.05) is 11.9 Å². The topological polar surface area (TPSA) is 21.3 Å². The van der Waals surface area contributed by atoms with Gasteiger partial charge in [0.15, 0.2) is 0 Å². The highest BCUT2D eigenvalue weighted by molar-refractivity contribution is 14.1. The van der Waals surface area contributed by atoms with E-state index in [1.807, 2.05) is 18.2 Å². The molecule has 1 fully saturated rings. The molecule has 0 aliphatic carbocycles. The van der Waals surface area contributed by atoms with Crippen molar-refractivity contribution in [1.29, 1.82) is 0 Å². The largest absolute Gasteiger partial charge is 0.381 e. The molecule has 1 aromatic rings. The third-order valence-corrected chi connectivity index (χ3v) is 4.12. The lowest BCUT2D eigenvalue weighted by atomic mass is 9.94. The average molecular weight is 366 g/mol. The van der Waals surface area contributed by atoms with E-state index in [2.05, 4.69) is 41.8 Å². The van der Waals surface area contributed by atoms with Crippen molar-refractivity contribution in [2.24, 2.45) is 0 Å². The van der Waals surface area contributed by atoms with E-state index in [0.29, 0.717) is 6.04 Å². The van der Waals surface area contributed by atoms with Gasteiger partial charge in [0.2, 0.25) is 0 Å². The van der Waals surface area contributed by atoms with Crippen molar-refractivity contribution in [3.05, 3.63) is 26.8 Å². The van der Waals surface area contributed by atoms with Gasteiger partial charge in [0.05, 0.1) is 5.60 Å². The Morgan fingerprint density at radius 1 is 1.47 bits per heavy atom. The zero-order valence-corrected chi connectivity index (χ0v) is 13.0. The van der Waals surface area contributed by atoms with E-state index >= 15 is 0 Å². The minimum atomic E-state index is -0.0201. The summed E-state index contributed by atoms with van der Waals surface area (Å²) in [4.78, 5) is 0. The smallest absolute Gasteiger partial charge is 0.0646 e. The number of rotatable bonds is 2. The minimum Gasteiger partial charge on any atom is -0.381 e. The first-order chi connectivity index (χ1) is 7.96. The molecule has 0 saturated carbocycles. The van der Waals surface area contributed by atoms with Crippen LogP contribution in [0.15, 0.2) is 18.2 Å². The Morgan fingerprint density at radius 2 is 2.24 bits per heavy atom. The Labute approximate surface area is 121 Å². The number of anilines is 1.